The Morgan fingerprint density at radius 2 is 2.20 bits per heavy atom. The minimum Gasteiger partial charge on any atom is -0.391 e. The van der Waals surface area contributed by atoms with Crippen LogP contribution in [0.15, 0.2) is 6.33 Å². The van der Waals surface area contributed by atoms with Gasteiger partial charge < -0.3 is 25.6 Å². The molecule has 1 aliphatic rings. The summed E-state index contributed by atoms with van der Waals surface area (Å²) in [4.78, 5) is 13.7. The van der Waals surface area contributed by atoms with Gasteiger partial charge in [0.1, 0.15) is 0 Å². The fraction of sp³-hybridized carbons (Fsp3) is 0.688. The number of rotatable bonds is 7. The molecule has 4 N–H and O–H groups in total. The molecule has 2 aromatic heterocycles. The summed E-state index contributed by atoms with van der Waals surface area (Å²) in [6.07, 6.45) is 3.18. The van der Waals surface area contributed by atoms with Gasteiger partial charge in [-0.05, 0) is 33.2 Å². The third kappa shape index (κ3) is 4.31. The van der Waals surface area contributed by atoms with Crippen molar-refractivity contribution >= 4 is 35.3 Å². The number of aliphatic hydroxyl groups is 1. The van der Waals surface area contributed by atoms with Crippen LogP contribution in [-0.2, 0) is 6.54 Å². The minimum absolute atomic E-state index is 0. The van der Waals surface area contributed by atoms with Crippen LogP contribution in [0.2, 0.25) is 0 Å². The maximum Gasteiger partial charge on any atom is 0.227 e. The van der Waals surface area contributed by atoms with Gasteiger partial charge in [-0.2, -0.15) is 9.97 Å². The summed E-state index contributed by atoms with van der Waals surface area (Å²) < 4.78 is 2.00. The number of aryl methyl sites for hydroxylation is 1. The molecule has 0 bridgehead atoms. The first-order valence-corrected chi connectivity index (χ1v) is 8.77. The molecule has 0 saturated carbocycles. The molecular weight excluding hydrogens is 342 g/mol. The predicted octanol–water partition coefficient (Wildman–Crippen LogP) is 1.61. The van der Waals surface area contributed by atoms with Crippen LogP contribution >= 0.6 is 12.4 Å². The van der Waals surface area contributed by atoms with Crippen LogP contribution in [0.1, 0.15) is 33.6 Å². The van der Waals surface area contributed by atoms with Crippen LogP contribution < -0.4 is 16.0 Å². The fourth-order valence-corrected chi connectivity index (χ4v) is 3.04. The Balaban J connectivity index is 0.00000225. The van der Waals surface area contributed by atoms with Gasteiger partial charge in [-0.15, -0.1) is 12.4 Å². The van der Waals surface area contributed by atoms with E-state index in [-0.39, 0.29) is 18.4 Å². The Labute approximate surface area is 154 Å². The highest BCUT2D eigenvalue weighted by Gasteiger charge is 2.20. The van der Waals surface area contributed by atoms with Crippen LogP contribution in [0.5, 0.6) is 0 Å². The van der Waals surface area contributed by atoms with Gasteiger partial charge in [0.05, 0.1) is 18.5 Å². The molecule has 1 aliphatic heterocycles. The molecule has 0 amide bonds. The van der Waals surface area contributed by atoms with E-state index >= 15 is 0 Å². The zero-order chi connectivity index (χ0) is 17.1. The highest BCUT2D eigenvalue weighted by Crippen LogP contribution is 2.23. The highest BCUT2D eigenvalue weighted by atomic mass is 35.5. The molecule has 1 fully saturated rings. The summed E-state index contributed by atoms with van der Waals surface area (Å²) in [5, 5.41) is 20.0. The molecule has 1 saturated heterocycles. The second-order valence-corrected chi connectivity index (χ2v) is 6.33. The van der Waals surface area contributed by atoms with Crippen molar-refractivity contribution in [3.05, 3.63) is 6.33 Å². The van der Waals surface area contributed by atoms with E-state index in [1.54, 1.807) is 13.3 Å². The van der Waals surface area contributed by atoms with Gasteiger partial charge >= 0.3 is 0 Å². The van der Waals surface area contributed by atoms with Crippen LogP contribution in [-0.4, -0.2) is 55.9 Å². The SMILES string of the molecule is CC[C@@H](Nc1nc(N[C@H]2CCNC2)c2ncn(CC)c2n1)[C@H](C)O.Cl. The maximum atomic E-state index is 9.89. The van der Waals surface area contributed by atoms with Crippen LogP contribution in [0.3, 0.4) is 0 Å². The molecule has 8 nitrogen and oxygen atoms in total. The summed E-state index contributed by atoms with van der Waals surface area (Å²) in [7, 11) is 0. The number of nitrogens with one attached hydrogen (secondary N) is 3. The Bertz CT molecular complexity index is 684. The Morgan fingerprint density at radius 1 is 1.40 bits per heavy atom. The maximum absolute atomic E-state index is 9.89. The zero-order valence-electron chi connectivity index (χ0n) is 15.0. The van der Waals surface area contributed by atoms with Gasteiger partial charge in [0.25, 0.3) is 0 Å². The van der Waals surface area contributed by atoms with Crippen molar-refractivity contribution in [2.45, 2.75) is 58.3 Å². The standard InChI is InChI=1S/C16H27N7O.ClH/c1-4-12(10(3)24)20-16-21-14(19-11-6-7-17-8-11)13-15(22-16)23(5-2)9-18-13;/h9-12,17,24H,4-8H2,1-3H3,(H2,19,20,21,22);1H/t10-,11-,12+;/m0./s1. The molecule has 3 heterocycles. The monoisotopic (exact) mass is 369 g/mol. The highest BCUT2D eigenvalue weighted by molar-refractivity contribution is 5.85. The van der Waals surface area contributed by atoms with E-state index in [1.165, 1.54) is 0 Å². The van der Waals surface area contributed by atoms with Gasteiger partial charge in [0, 0.05) is 19.1 Å². The van der Waals surface area contributed by atoms with Crippen LogP contribution in [0.4, 0.5) is 11.8 Å². The number of nitrogens with zero attached hydrogens (tertiary/aromatic N) is 4. The van der Waals surface area contributed by atoms with Crippen molar-refractivity contribution in [3.8, 4) is 0 Å². The molecular formula is C16H28ClN7O. The van der Waals surface area contributed by atoms with Gasteiger partial charge in [-0.1, -0.05) is 6.92 Å². The number of hydrogen-bond acceptors (Lipinski definition) is 7. The number of halogens is 1. The molecule has 3 rings (SSSR count). The van der Waals surface area contributed by atoms with E-state index in [2.05, 4.69) is 37.8 Å². The van der Waals surface area contributed by atoms with Crippen molar-refractivity contribution < 1.29 is 5.11 Å². The zero-order valence-corrected chi connectivity index (χ0v) is 15.8. The first-order valence-electron chi connectivity index (χ1n) is 8.77. The van der Waals surface area contributed by atoms with E-state index in [0.717, 1.165) is 49.5 Å². The van der Waals surface area contributed by atoms with E-state index in [1.807, 2.05) is 11.5 Å². The van der Waals surface area contributed by atoms with E-state index in [9.17, 15) is 5.11 Å². The third-order valence-electron chi connectivity index (χ3n) is 4.54. The second kappa shape index (κ2) is 8.64. The molecule has 140 valence electrons. The van der Waals surface area contributed by atoms with Crippen molar-refractivity contribution in [2.75, 3.05) is 23.7 Å². The van der Waals surface area contributed by atoms with Gasteiger partial charge in [-0.3, -0.25) is 0 Å². The van der Waals surface area contributed by atoms with E-state index in [4.69, 9.17) is 0 Å². The smallest absolute Gasteiger partial charge is 0.227 e. The molecule has 2 aromatic rings. The first-order chi connectivity index (χ1) is 11.6. The average molecular weight is 370 g/mol. The number of imidazole rings is 1. The summed E-state index contributed by atoms with van der Waals surface area (Å²) in [6.45, 7) is 8.61. The van der Waals surface area contributed by atoms with Crippen LogP contribution in [0, 0.1) is 0 Å². The minimum atomic E-state index is -0.471. The lowest BCUT2D eigenvalue weighted by Gasteiger charge is -2.20. The summed E-state index contributed by atoms with van der Waals surface area (Å²) in [6, 6.07) is 0.267. The normalized spacial score (nSPS) is 19.4. The first kappa shape index (κ1) is 19.7. The average Bonchev–Trinajstić information content (AvgIpc) is 3.21. The lowest BCUT2D eigenvalue weighted by atomic mass is 10.1. The third-order valence-corrected chi connectivity index (χ3v) is 4.54. The number of hydrogen-bond donors (Lipinski definition) is 4. The topological polar surface area (TPSA) is 99.9 Å². The van der Waals surface area contributed by atoms with Crippen molar-refractivity contribution in [2.24, 2.45) is 0 Å². The second-order valence-electron chi connectivity index (χ2n) is 6.33. The summed E-state index contributed by atoms with van der Waals surface area (Å²) >= 11 is 0. The number of fused-ring (bicyclic) bond motifs is 1. The van der Waals surface area contributed by atoms with E-state index < -0.39 is 6.10 Å². The molecule has 0 unspecified atom stereocenters. The largest absolute Gasteiger partial charge is 0.391 e. The van der Waals surface area contributed by atoms with Crippen molar-refractivity contribution in [1.29, 1.82) is 0 Å². The number of aromatic nitrogens is 4. The number of aliphatic hydroxyl groups excluding tert-OH is 1. The molecule has 0 aliphatic carbocycles. The van der Waals surface area contributed by atoms with Gasteiger partial charge in [0.15, 0.2) is 17.0 Å². The molecule has 0 aromatic carbocycles. The Morgan fingerprint density at radius 3 is 2.80 bits per heavy atom. The predicted molar refractivity (Wildman–Crippen MR) is 103 cm³/mol. The van der Waals surface area contributed by atoms with E-state index in [0.29, 0.717) is 12.0 Å². The van der Waals surface area contributed by atoms with Crippen molar-refractivity contribution in [3.63, 3.8) is 0 Å². The lowest BCUT2D eigenvalue weighted by Crippen LogP contribution is -2.31. The summed E-state index contributed by atoms with van der Waals surface area (Å²) in [5.74, 6) is 1.28. The van der Waals surface area contributed by atoms with Crippen molar-refractivity contribution in [1.82, 2.24) is 24.8 Å². The van der Waals surface area contributed by atoms with Gasteiger partial charge in [0.2, 0.25) is 5.95 Å². The fourth-order valence-electron chi connectivity index (χ4n) is 3.04. The summed E-state index contributed by atoms with van der Waals surface area (Å²) in [5.41, 5.74) is 1.60. The molecule has 3 atom stereocenters. The molecule has 25 heavy (non-hydrogen) atoms. The Kier molecular flexibility index (Phi) is 6.80. The quantitative estimate of drug-likeness (QED) is 0.588. The molecule has 0 radical (unpaired) electrons. The lowest BCUT2D eigenvalue weighted by molar-refractivity contribution is 0.169. The molecule has 9 heteroatoms. The van der Waals surface area contributed by atoms with Gasteiger partial charge in [-0.25, -0.2) is 4.98 Å². The molecule has 0 spiro atoms. The number of anilines is 2. The Hall–Kier alpha value is -1.64. The van der Waals surface area contributed by atoms with Crippen LogP contribution in [0.25, 0.3) is 11.2 Å².